The first-order chi connectivity index (χ1) is 8.24. The Morgan fingerprint density at radius 3 is 2.76 bits per heavy atom. The first-order valence-electron chi connectivity index (χ1n) is 6.42. The number of nitrogens with one attached hydrogen (secondary N) is 1. The van der Waals surface area contributed by atoms with Gasteiger partial charge in [-0.2, -0.15) is 0 Å². The number of hydrogen-bond donors (Lipinski definition) is 1. The van der Waals surface area contributed by atoms with Gasteiger partial charge in [0.05, 0.1) is 15.7 Å². The molecule has 3 heteroatoms. The Balaban J connectivity index is 1.62. The van der Waals surface area contributed by atoms with E-state index >= 15 is 0 Å². The molecule has 1 aromatic carbocycles. The summed E-state index contributed by atoms with van der Waals surface area (Å²) in [5.41, 5.74) is 0.974. The second-order valence-electron chi connectivity index (χ2n) is 5.42. The van der Waals surface area contributed by atoms with E-state index in [9.17, 15) is 0 Å². The van der Waals surface area contributed by atoms with Crippen LogP contribution in [0.4, 0.5) is 5.69 Å². The average molecular weight is 270 g/mol. The highest BCUT2D eigenvalue weighted by Crippen LogP contribution is 2.48. The van der Waals surface area contributed by atoms with Gasteiger partial charge in [0.2, 0.25) is 0 Å². The van der Waals surface area contributed by atoms with Crippen LogP contribution in [0.2, 0.25) is 10.0 Å². The van der Waals surface area contributed by atoms with Crippen molar-refractivity contribution in [1.29, 1.82) is 0 Å². The molecule has 0 saturated heterocycles. The van der Waals surface area contributed by atoms with Crippen LogP contribution in [-0.4, -0.2) is 6.54 Å². The number of rotatable bonds is 3. The van der Waals surface area contributed by atoms with E-state index in [1.54, 1.807) is 0 Å². The lowest BCUT2D eigenvalue weighted by atomic mass is 9.89. The van der Waals surface area contributed by atoms with Crippen LogP contribution in [-0.2, 0) is 0 Å². The molecule has 2 aliphatic carbocycles. The fourth-order valence-electron chi connectivity index (χ4n) is 3.51. The predicted octanol–water partition coefficient (Wildman–Crippen LogP) is 4.84. The molecule has 2 bridgehead atoms. The van der Waals surface area contributed by atoms with E-state index in [0.29, 0.717) is 10.0 Å². The van der Waals surface area contributed by atoms with Gasteiger partial charge in [-0.05, 0) is 49.1 Å². The molecule has 1 aromatic rings. The van der Waals surface area contributed by atoms with Gasteiger partial charge in [-0.15, -0.1) is 0 Å². The first kappa shape index (κ1) is 11.7. The Kier molecular flexibility index (Phi) is 3.23. The van der Waals surface area contributed by atoms with Gasteiger partial charge in [-0.1, -0.05) is 35.7 Å². The van der Waals surface area contributed by atoms with E-state index in [2.05, 4.69) is 5.32 Å². The minimum atomic E-state index is 0.629. The summed E-state index contributed by atoms with van der Waals surface area (Å²) >= 11 is 12.2. The molecule has 3 rings (SSSR count). The highest BCUT2D eigenvalue weighted by atomic mass is 35.5. The Bertz CT molecular complexity index is 419. The molecule has 0 spiro atoms. The summed E-state index contributed by atoms with van der Waals surface area (Å²) in [4.78, 5) is 0. The molecular weight excluding hydrogens is 253 g/mol. The van der Waals surface area contributed by atoms with Crippen molar-refractivity contribution < 1.29 is 0 Å². The molecular formula is C14H17Cl2N. The molecule has 3 atom stereocenters. The van der Waals surface area contributed by atoms with Crippen molar-refractivity contribution in [2.75, 3.05) is 11.9 Å². The number of anilines is 1. The molecule has 17 heavy (non-hydrogen) atoms. The summed E-state index contributed by atoms with van der Waals surface area (Å²) in [5, 5.41) is 4.74. The number of benzene rings is 1. The van der Waals surface area contributed by atoms with Gasteiger partial charge in [-0.3, -0.25) is 0 Å². The van der Waals surface area contributed by atoms with Crippen molar-refractivity contribution in [2.45, 2.75) is 25.7 Å². The van der Waals surface area contributed by atoms with Gasteiger partial charge < -0.3 is 5.32 Å². The smallest absolute Gasteiger partial charge is 0.0823 e. The standard InChI is InChI=1S/C14H17Cl2N/c15-12-2-1-3-13(14(12)16)17-8-11-7-9-4-5-10(11)6-9/h1-3,9-11,17H,4-8H2. The summed E-state index contributed by atoms with van der Waals surface area (Å²) in [5.74, 6) is 2.79. The maximum Gasteiger partial charge on any atom is 0.0823 e. The van der Waals surface area contributed by atoms with Crippen LogP contribution >= 0.6 is 23.2 Å². The quantitative estimate of drug-likeness (QED) is 0.828. The van der Waals surface area contributed by atoms with Crippen molar-refractivity contribution in [3.63, 3.8) is 0 Å². The number of halogens is 2. The highest BCUT2D eigenvalue weighted by Gasteiger charge is 2.39. The van der Waals surface area contributed by atoms with Crippen molar-refractivity contribution in [2.24, 2.45) is 17.8 Å². The van der Waals surface area contributed by atoms with Crippen LogP contribution in [0.3, 0.4) is 0 Å². The Morgan fingerprint density at radius 2 is 2.06 bits per heavy atom. The molecule has 2 fully saturated rings. The van der Waals surface area contributed by atoms with Crippen LogP contribution in [0.5, 0.6) is 0 Å². The molecule has 2 saturated carbocycles. The molecule has 1 N–H and O–H groups in total. The zero-order valence-electron chi connectivity index (χ0n) is 9.76. The second kappa shape index (κ2) is 4.70. The summed E-state index contributed by atoms with van der Waals surface area (Å²) in [6.07, 6.45) is 5.74. The summed E-state index contributed by atoms with van der Waals surface area (Å²) in [6.45, 7) is 1.04. The lowest BCUT2D eigenvalue weighted by Crippen LogP contribution is -2.20. The predicted molar refractivity (Wildman–Crippen MR) is 73.9 cm³/mol. The van der Waals surface area contributed by atoms with Gasteiger partial charge in [0, 0.05) is 6.54 Å². The van der Waals surface area contributed by atoms with Gasteiger partial charge in [0.1, 0.15) is 0 Å². The SMILES string of the molecule is Clc1cccc(NCC2CC3CCC2C3)c1Cl. The fraction of sp³-hybridized carbons (Fsp3) is 0.571. The van der Waals surface area contributed by atoms with E-state index in [-0.39, 0.29) is 0 Å². The fourth-order valence-corrected chi connectivity index (χ4v) is 3.88. The lowest BCUT2D eigenvalue weighted by molar-refractivity contribution is 0.348. The zero-order valence-corrected chi connectivity index (χ0v) is 11.3. The zero-order chi connectivity index (χ0) is 11.8. The monoisotopic (exact) mass is 269 g/mol. The van der Waals surface area contributed by atoms with Crippen molar-refractivity contribution in [3.05, 3.63) is 28.2 Å². The minimum absolute atomic E-state index is 0.629. The third-order valence-corrected chi connectivity index (χ3v) is 5.21. The summed E-state index contributed by atoms with van der Waals surface area (Å²) in [6, 6.07) is 5.77. The van der Waals surface area contributed by atoms with Crippen LogP contribution < -0.4 is 5.32 Å². The van der Waals surface area contributed by atoms with Gasteiger partial charge in [0.15, 0.2) is 0 Å². The molecule has 0 radical (unpaired) electrons. The van der Waals surface area contributed by atoms with E-state index in [0.717, 1.165) is 30.0 Å². The Labute approximate surface area is 112 Å². The topological polar surface area (TPSA) is 12.0 Å². The molecule has 0 amide bonds. The summed E-state index contributed by atoms with van der Waals surface area (Å²) in [7, 11) is 0. The van der Waals surface area contributed by atoms with E-state index < -0.39 is 0 Å². The molecule has 1 nitrogen and oxygen atoms in total. The average Bonchev–Trinajstić information content (AvgIpc) is 2.93. The second-order valence-corrected chi connectivity index (χ2v) is 6.20. The summed E-state index contributed by atoms with van der Waals surface area (Å²) < 4.78 is 0. The van der Waals surface area contributed by atoms with Crippen molar-refractivity contribution in [1.82, 2.24) is 0 Å². The van der Waals surface area contributed by atoms with Crippen LogP contribution in [0.1, 0.15) is 25.7 Å². The molecule has 2 aliphatic rings. The Hall–Kier alpha value is -0.400. The van der Waals surface area contributed by atoms with Gasteiger partial charge in [0.25, 0.3) is 0 Å². The largest absolute Gasteiger partial charge is 0.384 e. The number of hydrogen-bond acceptors (Lipinski definition) is 1. The third-order valence-electron chi connectivity index (χ3n) is 4.39. The van der Waals surface area contributed by atoms with Crippen molar-refractivity contribution in [3.8, 4) is 0 Å². The maximum absolute atomic E-state index is 6.16. The highest BCUT2D eigenvalue weighted by molar-refractivity contribution is 6.43. The molecule has 92 valence electrons. The van der Waals surface area contributed by atoms with Crippen LogP contribution in [0.25, 0.3) is 0 Å². The molecule has 3 unspecified atom stereocenters. The van der Waals surface area contributed by atoms with Crippen LogP contribution in [0.15, 0.2) is 18.2 Å². The molecule has 0 heterocycles. The molecule has 0 aliphatic heterocycles. The number of fused-ring (bicyclic) bond motifs is 2. The molecule has 0 aromatic heterocycles. The van der Waals surface area contributed by atoms with Crippen molar-refractivity contribution >= 4 is 28.9 Å². The van der Waals surface area contributed by atoms with E-state index in [1.807, 2.05) is 18.2 Å². The first-order valence-corrected chi connectivity index (χ1v) is 7.17. The minimum Gasteiger partial charge on any atom is -0.384 e. The van der Waals surface area contributed by atoms with E-state index in [1.165, 1.54) is 25.7 Å². The third kappa shape index (κ3) is 2.28. The maximum atomic E-state index is 6.16. The van der Waals surface area contributed by atoms with Gasteiger partial charge >= 0.3 is 0 Å². The van der Waals surface area contributed by atoms with E-state index in [4.69, 9.17) is 23.2 Å². The lowest BCUT2D eigenvalue weighted by Gasteiger charge is -2.22. The normalized spacial score (nSPS) is 30.8. The Morgan fingerprint density at radius 1 is 1.18 bits per heavy atom. The van der Waals surface area contributed by atoms with Crippen LogP contribution in [0, 0.1) is 17.8 Å². The van der Waals surface area contributed by atoms with Gasteiger partial charge in [-0.25, -0.2) is 0 Å².